The van der Waals surface area contributed by atoms with E-state index in [-0.39, 0.29) is 5.41 Å². The van der Waals surface area contributed by atoms with Crippen LogP contribution in [-0.4, -0.2) is 13.2 Å². The quantitative estimate of drug-likeness (QED) is 0.676. The molecule has 0 N–H and O–H groups in total. The molecule has 0 radical (unpaired) electrons. The summed E-state index contributed by atoms with van der Waals surface area (Å²) >= 11 is 0. The molecule has 1 aliphatic carbocycles. The van der Waals surface area contributed by atoms with Crippen LogP contribution in [0.5, 0.6) is 0 Å². The molecule has 0 heterocycles. The summed E-state index contributed by atoms with van der Waals surface area (Å²) in [5.74, 6) is 0. The first-order chi connectivity index (χ1) is 7.43. The van der Waals surface area contributed by atoms with Gasteiger partial charge < -0.3 is 9.05 Å². The van der Waals surface area contributed by atoms with Crippen molar-refractivity contribution in [3.05, 3.63) is 11.4 Å². The van der Waals surface area contributed by atoms with E-state index in [4.69, 9.17) is 9.05 Å². The molecule has 1 aliphatic rings. The number of hydrogen-bond donors (Lipinski definition) is 0. The second-order valence-corrected chi connectivity index (χ2v) is 6.90. The highest BCUT2D eigenvalue weighted by Gasteiger charge is 2.33. The fourth-order valence-corrected chi connectivity index (χ4v) is 4.11. The topological polar surface area (TPSA) is 35.5 Å². The number of allylic oxidation sites excluding steroid dienone is 2. The van der Waals surface area contributed by atoms with Crippen molar-refractivity contribution in [3.8, 4) is 0 Å². The molecule has 0 unspecified atom stereocenters. The van der Waals surface area contributed by atoms with Gasteiger partial charge in [0.1, 0.15) is 0 Å². The van der Waals surface area contributed by atoms with Crippen molar-refractivity contribution < 1.29 is 13.6 Å². The van der Waals surface area contributed by atoms with Gasteiger partial charge >= 0.3 is 7.60 Å². The van der Waals surface area contributed by atoms with Crippen LogP contribution < -0.4 is 0 Å². The lowest BCUT2D eigenvalue weighted by Crippen LogP contribution is -2.14. The molecular weight excluding hydrogens is 223 g/mol. The first-order valence-electron chi connectivity index (χ1n) is 6.05. The van der Waals surface area contributed by atoms with Crippen LogP contribution in [0.1, 0.15) is 47.0 Å². The minimum absolute atomic E-state index is 0.109. The molecule has 0 saturated carbocycles. The first kappa shape index (κ1) is 14.0. The molecule has 94 valence electrons. The molecule has 0 fully saturated rings. The molecule has 3 nitrogen and oxygen atoms in total. The van der Waals surface area contributed by atoms with E-state index < -0.39 is 7.60 Å². The Labute approximate surface area is 98.7 Å². The molecule has 4 heteroatoms. The summed E-state index contributed by atoms with van der Waals surface area (Å²) in [6.07, 6.45) is 5.11. The largest absolute Gasteiger partial charge is 0.357 e. The lowest BCUT2D eigenvalue weighted by atomic mass is 9.83. The summed E-state index contributed by atoms with van der Waals surface area (Å²) in [7, 11) is -3.01. The van der Waals surface area contributed by atoms with E-state index in [1.807, 2.05) is 13.8 Å². The third-order valence-corrected chi connectivity index (χ3v) is 5.01. The van der Waals surface area contributed by atoms with Crippen LogP contribution in [0, 0.1) is 5.41 Å². The van der Waals surface area contributed by atoms with Gasteiger partial charge in [0.15, 0.2) is 0 Å². The van der Waals surface area contributed by atoms with Gasteiger partial charge in [-0.3, -0.25) is 4.57 Å². The average Bonchev–Trinajstić information content (AvgIpc) is 2.17. The minimum Gasteiger partial charge on any atom is -0.306 e. The SMILES string of the molecule is CCOP(=O)(OCC)C1=CC(C)(C)CCC1. The van der Waals surface area contributed by atoms with Gasteiger partial charge in [-0.2, -0.15) is 0 Å². The summed E-state index contributed by atoms with van der Waals surface area (Å²) in [6, 6.07) is 0. The predicted molar refractivity (Wildman–Crippen MR) is 66.6 cm³/mol. The van der Waals surface area contributed by atoms with Gasteiger partial charge in [-0.15, -0.1) is 0 Å². The van der Waals surface area contributed by atoms with Crippen LogP contribution >= 0.6 is 7.60 Å². The summed E-state index contributed by atoms with van der Waals surface area (Å²) in [4.78, 5) is 0. The maximum Gasteiger partial charge on any atom is 0.357 e. The van der Waals surface area contributed by atoms with Gasteiger partial charge in [0, 0.05) is 5.31 Å². The maximum atomic E-state index is 12.5. The summed E-state index contributed by atoms with van der Waals surface area (Å²) < 4.78 is 23.3. The monoisotopic (exact) mass is 246 g/mol. The normalized spacial score (nSPS) is 20.6. The Balaban J connectivity index is 2.94. The fraction of sp³-hybridized carbons (Fsp3) is 0.833. The van der Waals surface area contributed by atoms with Crippen molar-refractivity contribution in [2.24, 2.45) is 5.41 Å². The van der Waals surface area contributed by atoms with Crippen LogP contribution in [0.2, 0.25) is 0 Å². The van der Waals surface area contributed by atoms with Gasteiger partial charge in [-0.1, -0.05) is 19.9 Å². The van der Waals surface area contributed by atoms with Crippen molar-refractivity contribution in [2.75, 3.05) is 13.2 Å². The molecule has 0 spiro atoms. The predicted octanol–water partition coefficient (Wildman–Crippen LogP) is 4.35. The van der Waals surface area contributed by atoms with E-state index in [0.29, 0.717) is 13.2 Å². The van der Waals surface area contributed by atoms with E-state index in [2.05, 4.69) is 19.9 Å². The molecule has 0 saturated heterocycles. The third kappa shape index (κ3) is 3.44. The van der Waals surface area contributed by atoms with Crippen LogP contribution in [0.3, 0.4) is 0 Å². The molecule has 0 aromatic rings. The molecule has 16 heavy (non-hydrogen) atoms. The van der Waals surface area contributed by atoms with Crippen molar-refractivity contribution in [2.45, 2.75) is 47.0 Å². The van der Waals surface area contributed by atoms with E-state index in [1.54, 1.807) is 0 Å². The molecule has 0 amide bonds. The van der Waals surface area contributed by atoms with Crippen LogP contribution in [0.4, 0.5) is 0 Å². The second kappa shape index (κ2) is 5.48. The van der Waals surface area contributed by atoms with E-state index in [9.17, 15) is 4.57 Å². The lowest BCUT2D eigenvalue weighted by Gasteiger charge is -2.30. The standard InChI is InChI=1S/C12H23O3P/c1-5-14-16(13,15-6-2)11-8-7-9-12(3,4)10-11/h10H,5-9H2,1-4H3. The zero-order chi connectivity index (χ0) is 12.2. The minimum atomic E-state index is -3.01. The van der Waals surface area contributed by atoms with Crippen molar-refractivity contribution in [3.63, 3.8) is 0 Å². The Kier molecular flexibility index (Phi) is 4.78. The second-order valence-electron chi connectivity index (χ2n) is 4.81. The Morgan fingerprint density at radius 1 is 1.31 bits per heavy atom. The molecular formula is C12H23O3P. The van der Waals surface area contributed by atoms with Gasteiger partial charge in [0.2, 0.25) is 0 Å². The Hall–Kier alpha value is -0.110. The first-order valence-corrected chi connectivity index (χ1v) is 7.59. The van der Waals surface area contributed by atoms with E-state index >= 15 is 0 Å². The van der Waals surface area contributed by atoms with Crippen LogP contribution in [0.25, 0.3) is 0 Å². The number of hydrogen-bond acceptors (Lipinski definition) is 3. The van der Waals surface area contributed by atoms with Crippen LogP contribution in [-0.2, 0) is 13.6 Å². The Morgan fingerprint density at radius 2 is 1.88 bits per heavy atom. The van der Waals surface area contributed by atoms with E-state index in [0.717, 1.165) is 24.6 Å². The molecule has 0 aliphatic heterocycles. The van der Waals surface area contributed by atoms with Crippen LogP contribution in [0.15, 0.2) is 11.4 Å². The average molecular weight is 246 g/mol. The van der Waals surface area contributed by atoms with Crippen molar-refractivity contribution in [1.29, 1.82) is 0 Å². The molecule has 0 aromatic heterocycles. The highest BCUT2D eigenvalue weighted by molar-refractivity contribution is 7.58. The smallest absolute Gasteiger partial charge is 0.306 e. The zero-order valence-corrected chi connectivity index (χ0v) is 11.7. The highest BCUT2D eigenvalue weighted by Crippen LogP contribution is 2.60. The van der Waals surface area contributed by atoms with Gasteiger partial charge in [0.05, 0.1) is 13.2 Å². The zero-order valence-electron chi connectivity index (χ0n) is 10.8. The molecule has 0 bridgehead atoms. The maximum absolute atomic E-state index is 12.5. The summed E-state index contributed by atoms with van der Waals surface area (Å²) in [5.41, 5.74) is 0.109. The third-order valence-electron chi connectivity index (χ3n) is 2.76. The van der Waals surface area contributed by atoms with Crippen molar-refractivity contribution in [1.82, 2.24) is 0 Å². The van der Waals surface area contributed by atoms with Gasteiger partial charge in [0.25, 0.3) is 0 Å². The summed E-state index contributed by atoms with van der Waals surface area (Å²) in [6.45, 7) is 8.87. The molecule has 0 atom stereocenters. The molecule has 1 rings (SSSR count). The van der Waals surface area contributed by atoms with Gasteiger partial charge in [-0.05, 0) is 38.5 Å². The van der Waals surface area contributed by atoms with Crippen molar-refractivity contribution >= 4 is 7.60 Å². The number of rotatable bonds is 5. The van der Waals surface area contributed by atoms with Gasteiger partial charge in [-0.25, -0.2) is 0 Å². The van der Waals surface area contributed by atoms with E-state index in [1.165, 1.54) is 0 Å². The lowest BCUT2D eigenvalue weighted by molar-refractivity contribution is 0.223. The summed E-state index contributed by atoms with van der Waals surface area (Å²) in [5, 5.41) is 0.868. The molecule has 0 aromatic carbocycles. The Bertz CT molecular complexity index is 297. The highest BCUT2D eigenvalue weighted by atomic mass is 31.2. The Morgan fingerprint density at radius 3 is 2.31 bits per heavy atom. The fourth-order valence-electron chi connectivity index (χ4n) is 2.08.